The molecule has 2 amide bonds. The molecule has 2 aliphatic heterocycles. The van der Waals surface area contributed by atoms with Crippen molar-refractivity contribution in [3.8, 4) is 5.75 Å². The highest BCUT2D eigenvalue weighted by molar-refractivity contribution is 5.94. The highest BCUT2D eigenvalue weighted by Gasteiger charge is 2.34. The third-order valence-electron chi connectivity index (χ3n) is 6.95. The fraction of sp³-hybridized carbons (Fsp3) is 0.520. The lowest BCUT2D eigenvalue weighted by Crippen LogP contribution is -2.39. The molecule has 1 aromatic heterocycles. The van der Waals surface area contributed by atoms with Crippen molar-refractivity contribution in [3.63, 3.8) is 0 Å². The van der Waals surface area contributed by atoms with E-state index in [0.717, 1.165) is 0 Å². The van der Waals surface area contributed by atoms with Gasteiger partial charge in [0.15, 0.2) is 5.69 Å². The lowest BCUT2D eigenvalue weighted by Gasteiger charge is -2.29. The van der Waals surface area contributed by atoms with Crippen LogP contribution in [0.25, 0.3) is 0 Å². The molecule has 2 bridgehead atoms. The van der Waals surface area contributed by atoms with Gasteiger partial charge in [0.1, 0.15) is 17.7 Å². The van der Waals surface area contributed by atoms with Crippen molar-refractivity contribution in [1.82, 2.24) is 19.8 Å². The number of fused-ring (bicyclic) bond motifs is 2. The van der Waals surface area contributed by atoms with Crippen molar-refractivity contribution < 1.29 is 23.8 Å². The molecule has 3 heterocycles. The number of amides is 2. The Balaban J connectivity index is 1.82. The molecule has 2 atom stereocenters. The minimum absolute atomic E-state index is 0.0425. The SMILES string of the molecule is CCC1COC[C@@H]2c3nc(c(O)c(=O)n31)C(=O)NCc1ccc(F)cc1N(C)CCCCC(=O)N2C. The van der Waals surface area contributed by atoms with Crippen molar-refractivity contribution in [3.05, 3.63) is 51.5 Å². The molecule has 11 heteroatoms. The zero-order chi connectivity index (χ0) is 26.0. The smallest absolute Gasteiger partial charge is 0.296 e. The number of nitrogens with zero attached hydrogens (tertiary/aromatic N) is 4. The number of nitrogens with one attached hydrogen (secondary N) is 1. The van der Waals surface area contributed by atoms with Crippen LogP contribution in [0.4, 0.5) is 10.1 Å². The van der Waals surface area contributed by atoms with Gasteiger partial charge in [-0.3, -0.25) is 19.0 Å². The number of hydrogen-bond donors (Lipinski definition) is 2. The number of halogens is 1. The molecule has 0 radical (unpaired) electrons. The first-order valence-electron chi connectivity index (χ1n) is 12.2. The van der Waals surface area contributed by atoms with Crippen LogP contribution in [-0.4, -0.2) is 65.2 Å². The first kappa shape index (κ1) is 25.6. The summed E-state index contributed by atoms with van der Waals surface area (Å²) in [6.07, 6.45) is 2.11. The molecule has 1 unspecified atom stereocenters. The van der Waals surface area contributed by atoms with Gasteiger partial charge in [-0.1, -0.05) is 13.0 Å². The van der Waals surface area contributed by atoms with Crippen molar-refractivity contribution in [2.75, 3.05) is 38.8 Å². The molecule has 0 fully saturated rings. The Bertz CT molecular complexity index is 1220. The maximum atomic E-state index is 14.0. The largest absolute Gasteiger partial charge is 0.501 e. The normalized spacial score (nSPS) is 21.6. The van der Waals surface area contributed by atoms with Crippen LogP contribution in [0, 0.1) is 5.82 Å². The van der Waals surface area contributed by atoms with E-state index in [-0.39, 0.29) is 37.9 Å². The zero-order valence-corrected chi connectivity index (χ0v) is 20.8. The number of carbonyl (C=O) groups excluding carboxylic acids is 2. The van der Waals surface area contributed by atoms with E-state index in [1.54, 1.807) is 13.1 Å². The second-order valence-electron chi connectivity index (χ2n) is 9.30. The van der Waals surface area contributed by atoms with Gasteiger partial charge >= 0.3 is 0 Å². The molecular weight excluding hydrogens is 469 g/mol. The second-order valence-corrected chi connectivity index (χ2v) is 9.30. The average molecular weight is 502 g/mol. The monoisotopic (exact) mass is 501 g/mol. The standard InChI is InChI=1S/C25H32FN5O5/c1-4-17-13-36-14-19-23-28-21(22(33)25(35)31(17)23)24(34)27-12-15-8-9-16(26)11-18(15)29(2)10-6-5-7-20(32)30(19)3/h8-9,11,17,19,33H,4-7,10,12-14H2,1-3H3,(H,27,34)/t17?,19-/m1/s1. The molecule has 36 heavy (non-hydrogen) atoms. The van der Waals surface area contributed by atoms with Gasteiger partial charge in [-0.05, 0) is 37.0 Å². The topological polar surface area (TPSA) is 117 Å². The van der Waals surface area contributed by atoms with E-state index in [1.165, 1.54) is 21.6 Å². The van der Waals surface area contributed by atoms with Crippen molar-refractivity contribution >= 4 is 17.5 Å². The van der Waals surface area contributed by atoms with Crippen LogP contribution in [-0.2, 0) is 16.1 Å². The van der Waals surface area contributed by atoms with Crippen LogP contribution in [0.5, 0.6) is 5.75 Å². The number of carbonyl (C=O) groups is 2. The molecule has 2 aliphatic rings. The van der Waals surface area contributed by atoms with Gasteiger partial charge in [0.05, 0.1) is 19.3 Å². The van der Waals surface area contributed by atoms with E-state index < -0.39 is 40.8 Å². The average Bonchev–Trinajstić information content (AvgIpc) is 3.05. The minimum Gasteiger partial charge on any atom is -0.501 e. The summed E-state index contributed by atoms with van der Waals surface area (Å²) in [7, 11) is 3.45. The van der Waals surface area contributed by atoms with Crippen molar-refractivity contribution in [2.24, 2.45) is 0 Å². The van der Waals surface area contributed by atoms with E-state index in [2.05, 4.69) is 10.3 Å². The summed E-state index contributed by atoms with van der Waals surface area (Å²) < 4.78 is 21.2. The van der Waals surface area contributed by atoms with Crippen molar-refractivity contribution in [1.29, 1.82) is 0 Å². The number of aromatic hydroxyl groups is 1. The first-order valence-corrected chi connectivity index (χ1v) is 12.2. The van der Waals surface area contributed by atoms with Gasteiger partial charge in [-0.2, -0.15) is 0 Å². The third-order valence-corrected chi connectivity index (χ3v) is 6.95. The Morgan fingerprint density at radius 3 is 2.72 bits per heavy atom. The zero-order valence-electron chi connectivity index (χ0n) is 20.8. The summed E-state index contributed by atoms with van der Waals surface area (Å²) in [6.45, 7) is 2.84. The van der Waals surface area contributed by atoms with Gasteiger partial charge in [0, 0.05) is 39.3 Å². The summed E-state index contributed by atoms with van der Waals surface area (Å²) in [5.41, 5.74) is 0.0982. The summed E-state index contributed by atoms with van der Waals surface area (Å²) >= 11 is 0. The predicted molar refractivity (Wildman–Crippen MR) is 131 cm³/mol. The third kappa shape index (κ3) is 4.92. The molecule has 4 rings (SSSR count). The number of ether oxygens (including phenoxy) is 1. The number of hydrogen-bond acceptors (Lipinski definition) is 7. The van der Waals surface area contributed by atoms with Crippen molar-refractivity contribution in [2.45, 2.75) is 51.2 Å². The summed E-state index contributed by atoms with van der Waals surface area (Å²) in [4.78, 5) is 47.3. The molecule has 2 N–H and O–H groups in total. The van der Waals surface area contributed by atoms with E-state index in [0.29, 0.717) is 37.1 Å². The number of aromatic nitrogens is 2. The van der Waals surface area contributed by atoms with Crippen LogP contribution in [0.1, 0.15) is 66.6 Å². The highest BCUT2D eigenvalue weighted by atomic mass is 19.1. The van der Waals surface area contributed by atoms with Gasteiger partial charge < -0.3 is 25.0 Å². The molecule has 0 spiro atoms. The molecule has 0 saturated carbocycles. The van der Waals surface area contributed by atoms with Crippen LogP contribution < -0.4 is 15.8 Å². The Kier molecular flexibility index (Phi) is 7.58. The van der Waals surface area contributed by atoms with Gasteiger partial charge in [0.2, 0.25) is 11.7 Å². The summed E-state index contributed by atoms with van der Waals surface area (Å²) in [5.74, 6) is -1.86. The Morgan fingerprint density at radius 2 is 1.97 bits per heavy atom. The van der Waals surface area contributed by atoms with Gasteiger partial charge in [-0.25, -0.2) is 9.37 Å². The van der Waals surface area contributed by atoms with E-state index in [4.69, 9.17) is 4.74 Å². The van der Waals surface area contributed by atoms with E-state index in [1.807, 2.05) is 18.9 Å². The molecule has 0 saturated heterocycles. The second kappa shape index (κ2) is 10.7. The molecule has 2 aromatic rings. The van der Waals surface area contributed by atoms with Crippen LogP contribution in [0.2, 0.25) is 0 Å². The Hall–Kier alpha value is -3.47. The lowest BCUT2D eigenvalue weighted by atomic mass is 10.1. The number of benzene rings is 1. The molecule has 10 nitrogen and oxygen atoms in total. The van der Waals surface area contributed by atoms with Crippen LogP contribution in [0.3, 0.4) is 0 Å². The first-order chi connectivity index (χ1) is 17.2. The highest BCUT2D eigenvalue weighted by Crippen LogP contribution is 2.29. The summed E-state index contributed by atoms with van der Waals surface area (Å²) in [5, 5.41) is 13.4. The molecular formula is C25H32FN5O5. The van der Waals surface area contributed by atoms with E-state index >= 15 is 0 Å². The van der Waals surface area contributed by atoms with Crippen LogP contribution >= 0.6 is 0 Å². The predicted octanol–water partition coefficient (Wildman–Crippen LogP) is 2.12. The van der Waals surface area contributed by atoms with Gasteiger partial charge in [0.25, 0.3) is 11.5 Å². The van der Waals surface area contributed by atoms with Gasteiger partial charge in [-0.15, -0.1) is 0 Å². The molecule has 0 aliphatic carbocycles. The fourth-order valence-electron chi connectivity index (χ4n) is 4.73. The number of likely N-dealkylation sites (N-methyl/N-ethyl adjacent to an activating group) is 1. The Morgan fingerprint density at radius 1 is 1.19 bits per heavy atom. The summed E-state index contributed by atoms with van der Waals surface area (Å²) in [6, 6.07) is 3.18. The van der Waals surface area contributed by atoms with E-state index in [9.17, 15) is 23.9 Å². The maximum Gasteiger partial charge on any atom is 0.296 e. The Labute approximate surface area is 208 Å². The van der Waals surface area contributed by atoms with Crippen LogP contribution in [0.15, 0.2) is 23.0 Å². The number of anilines is 1. The molecule has 194 valence electrons. The maximum absolute atomic E-state index is 14.0. The number of rotatable bonds is 1. The quantitative estimate of drug-likeness (QED) is 0.615. The fourth-order valence-corrected chi connectivity index (χ4v) is 4.73. The minimum atomic E-state index is -0.762. The lowest BCUT2D eigenvalue weighted by molar-refractivity contribution is -0.133. The molecule has 1 aromatic carbocycles.